The lowest BCUT2D eigenvalue weighted by Crippen LogP contribution is -1.88. The molecule has 0 aromatic carbocycles. The standard InChI is InChI=1S/C18H30N2/c1-2-3-4-5-6-7-8-9-10-12-15-19-17-18-14-11-13-16-20-18/h11,13-14,16-17H,2-10,12,15H2,1H3. The highest BCUT2D eigenvalue weighted by atomic mass is 14.7. The van der Waals surface area contributed by atoms with Gasteiger partial charge in [0, 0.05) is 19.0 Å². The van der Waals surface area contributed by atoms with Crippen LogP contribution in [-0.2, 0) is 0 Å². The molecule has 0 saturated heterocycles. The summed E-state index contributed by atoms with van der Waals surface area (Å²) in [6.45, 7) is 3.21. The maximum absolute atomic E-state index is 4.42. The third kappa shape index (κ3) is 9.71. The minimum Gasteiger partial charge on any atom is -0.291 e. The van der Waals surface area contributed by atoms with Crippen LogP contribution in [0, 0.1) is 0 Å². The van der Waals surface area contributed by atoms with Gasteiger partial charge in [-0.05, 0) is 18.6 Å². The lowest BCUT2D eigenvalue weighted by molar-refractivity contribution is 0.558. The topological polar surface area (TPSA) is 25.2 Å². The number of nitrogens with zero attached hydrogens (tertiary/aromatic N) is 2. The molecule has 0 radical (unpaired) electrons. The number of hydrogen-bond acceptors (Lipinski definition) is 2. The Morgan fingerprint density at radius 2 is 1.55 bits per heavy atom. The molecule has 1 aromatic heterocycles. The van der Waals surface area contributed by atoms with Crippen LogP contribution in [0.1, 0.15) is 76.8 Å². The summed E-state index contributed by atoms with van der Waals surface area (Å²) in [7, 11) is 0. The van der Waals surface area contributed by atoms with Crippen LogP contribution in [0.25, 0.3) is 0 Å². The van der Waals surface area contributed by atoms with Crippen molar-refractivity contribution in [3.05, 3.63) is 30.1 Å². The van der Waals surface area contributed by atoms with Crippen LogP contribution >= 0.6 is 0 Å². The van der Waals surface area contributed by atoms with Gasteiger partial charge in [0.05, 0.1) is 5.69 Å². The molecule has 0 unspecified atom stereocenters. The Kier molecular flexibility index (Phi) is 10.8. The summed E-state index contributed by atoms with van der Waals surface area (Å²) >= 11 is 0. The molecule has 0 spiro atoms. The van der Waals surface area contributed by atoms with E-state index in [1.54, 1.807) is 0 Å². The van der Waals surface area contributed by atoms with Crippen molar-refractivity contribution in [3.8, 4) is 0 Å². The van der Waals surface area contributed by atoms with E-state index in [-0.39, 0.29) is 0 Å². The first-order valence-corrected chi connectivity index (χ1v) is 8.34. The highest BCUT2D eigenvalue weighted by Crippen LogP contribution is 2.10. The van der Waals surface area contributed by atoms with E-state index in [2.05, 4.69) is 16.9 Å². The molecule has 0 saturated carbocycles. The van der Waals surface area contributed by atoms with Crippen molar-refractivity contribution in [1.29, 1.82) is 0 Å². The molecule has 112 valence electrons. The molecule has 2 nitrogen and oxygen atoms in total. The molecule has 1 heterocycles. The van der Waals surface area contributed by atoms with E-state index in [1.165, 1.54) is 64.2 Å². The summed E-state index contributed by atoms with van der Waals surface area (Å²) in [6, 6.07) is 5.91. The molecule has 0 fully saturated rings. The first-order chi connectivity index (χ1) is 9.93. The second kappa shape index (κ2) is 12.8. The van der Waals surface area contributed by atoms with Crippen molar-refractivity contribution in [2.75, 3.05) is 6.54 Å². The van der Waals surface area contributed by atoms with Crippen LogP contribution in [0.4, 0.5) is 0 Å². The van der Waals surface area contributed by atoms with Gasteiger partial charge in [-0.1, -0.05) is 70.8 Å². The molecule has 0 amide bonds. The van der Waals surface area contributed by atoms with Crippen molar-refractivity contribution in [3.63, 3.8) is 0 Å². The number of pyridine rings is 1. The van der Waals surface area contributed by atoms with E-state index in [1.807, 2.05) is 30.6 Å². The quantitative estimate of drug-likeness (QED) is 0.369. The first-order valence-electron chi connectivity index (χ1n) is 8.34. The summed E-state index contributed by atoms with van der Waals surface area (Å²) in [4.78, 5) is 8.64. The Hall–Kier alpha value is -1.18. The van der Waals surface area contributed by atoms with Crippen LogP contribution in [0.3, 0.4) is 0 Å². The van der Waals surface area contributed by atoms with Crippen molar-refractivity contribution >= 4 is 6.21 Å². The lowest BCUT2D eigenvalue weighted by Gasteiger charge is -2.01. The number of aromatic nitrogens is 1. The van der Waals surface area contributed by atoms with Gasteiger partial charge >= 0.3 is 0 Å². The van der Waals surface area contributed by atoms with E-state index in [0.29, 0.717) is 0 Å². The third-order valence-corrected chi connectivity index (χ3v) is 3.55. The number of unbranched alkanes of at least 4 members (excludes halogenated alkanes) is 9. The zero-order valence-corrected chi connectivity index (χ0v) is 13.1. The average molecular weight is 274 g/mol. The predicted octanol–water partition coefficient (Wildman–Crippen LogP) is 5.42. The molecule has 0 bridgehead atoms. The summed E-state index contributed by atoms with van der Waals surface area (Å²) in [5.41, 5.74) is 0.958. The van der Waals surface area contributed by atoms with Gasteiger partial charge in [0.2, 0.25) is 0 Å². The Morgan fingerprint density at radius 1 is 0.900 bits per heavy atom. The highest BCUT2D eigenvalue weighted by molar-refractivity contribution is 5.76. The molecule has 0 aliphatic heterocycles. The molecule has 0 N–H and O–H groups in total. The summed E-state index contributed by atoms with van der Waals surface area (Å²) in [6.07, 6.45) is 17.4. The van der Waals surface area contributed by atoms with Crippen LogP contribution in [0.15, 0.2) is 29.4 Å². The van der Waals surface area contributed by atoms with E-state index in [4.69, 9.17) is 0 Å². The van der Waals surface area contributed by atoms with Crippen molar-refractivity contribution in [2.45, 2.75) is 71.1 Å². The molecule has 0 aliphatic rings. The summed E-state index contributed by atoms with van der Waals surface area (Å²) in [5.74, 6) is 0. The van der Waals surface area contributed by atoms with Gasteiger partial charge in [0.25, 0.3) is 0 Å². The SMILES string of the molecule is CCCCCCCCCCCCN=Cc1ccccn1. The maximum atomic E-state index is 4.42. The summed E-state index contributed by atoms with van der Waals surface area (Å²) < 4.78 is 0. The average Bonchev–Trinajstić information content (AvgIpc) is 2.49. The van der Waals surface area contributed by atoms with Crippen LogP contribution in [0.2, 0.25) is 0 Å². The second-order valence-electron chi connectivity index (χ2n) is 5.47. The third-order valence-electron chi connectivity index (χ3n) is 3.55. The van der Waals surface area contributed by atoms with Gasteiger partial charge in [-0.15, -0.1) is 0 Å². The smallest absolute Gasteiger partial charge is 0.0807 e. The van der Waals surface area contributed by atoms with Gasteiger partial charge in [-0.3, -0.25) is 9.98 Å². The van der Waals surface area contributed by atoms with Crippen LogP contribution < -0.4 is 0 Å². The van der Waals surface area contributed by atoms with E-state index in [9.17, 15) is 0 Å². The fourth-order valence-electron chi connectivity index (χ4n) is 2.30. The number of hydrogen-bond donors (Lipinski definition) is 0. The Bertz CT molecular complexity index is 333. The number of aliphatic imine (C=N–C) groups is 1. The van der Waals surface area contributed by atoms with Crippen molar-refractivity contribution in [1.82, 2.24) is 4.98 Å². The lowest BCUT2D eigenvalue weighted by atomic mass is 10.1. The number of rotatable bonds is 12. The largest absolute Gasteiger partial charge is 0.291 e. The molecule has 2 heteroatoms. The molecule has 20 heavy (non-hydrogen) atoms. The second-order valence-corrected chi connectivity index (χ2v) is 5.47. The van der Waals surface area contributed by atoms with Gasteiger partial charge in [-0.2, -0.15) is 0 Å². The molecule has 1 rings (SSSR count). The van der Waals surface area contributed by atoms with E-state index >= 15 is 0 Å². The fraction of sp³-hybridized carbons (Fsp3) is 0.667. The Balaban J connectivity index is 1.84. The minimum absolute atomic E-state index is 0.938. The van der Waals surface area contributed by atoms with Crippen molar-refractivity contribution in [2.24, 2.45) is 4.99 Å². The van der Waals surface area contributed by atoms with E-state index in [0.717, 1.165) is 12.2 Å². The monoisotopic (exact) mass is 274 g/mol. The zero-order chi connectivity index (χ0) is 14.3. The van der Waals surface area contributed by atoms with Gasteiger partial charge in [-0.25, -0.2) is 0 Å². The van der Waals surface area contributed by atoms with Crippen LogP contribution in [0.5, 0.6) is 0 Å². The minimum atomic E-state index is 0.938. The first kappa shape index (κ1) is 16.9. The molecular formula is C18H30N2. The van der Waals surface area contributed by atoms with Gasteiger partial charge in [0.1, 0.15) is 0 Å². The molecular weight excluding hydrogens is 244 g/mol. The predicted molar refractivity (Wildman–Crippen MR) is 88.5 cm³/mol. The van der Waals surface area contributed by atoms with Gasteiger partial charge < -0.3 is 0 Å². The fourth-order valence-corrected chi connectivity index (χ4v) is 2.30. The molecule has 0 aliphatic carbocycles. The zero-order valence-electron chi connectivity index (χ0n) is 13.1. The molecule has 0 atom stereocenters. The highest BCUT2D eigenvalue weighted by Gasteiger charge is 1.92. The van der Waals surface area contributed by atoms with Crippen molar-refractivity contribution < 1.29 is 0 Å². The van der Waals surface area contributed by atoms with Crippen LogP contribution in [-0.4, -0.2) is 17.7 Å². The van der Waals surface area contributed by atoms with Gasteiger partial charge in [0.15, 0.2) is 0 Å². The Morgan fingerprint density at radius 3 is 2.15 bits per heavy atom. The maximum Gasteiger partial charge on any atom is 0.0807 e. The normalized spacial score (nSPS) is 11.2. The Labute approximate surface area is 124 Å². The summed E-state index contributed by atoms with van der Waals surface area (Å²) in [5, 5.41) is 0. The van der Waals surface area contributed by atoms with E-state index < -0.39 is 0 Å². The molecule has 1 aromatic rings.